The largest absolute Gasteiger partial charge is 0.245 e. The highest BCUT2D eigenvalue weighted by Crippen LogP contribution is 2.24. The Morgan fingerprint density at radius 1 is 1.59 bits per heavy atom. The lowest BCUT2D eigenvalue weighted by Gasteiger charge is -2.16. The van der Waals surface area contributed by atoms with Gasteiger partial charge in [-0.3, -0.25) is 0 Å². The topological polar surface area (TPSA) is 74.1 Å². The van der Waals surface area contributed by atoms with Crippen molar-refractivity contribution in [1.82, 2.24) is 9.29 Å². The van der Waals surface area contributed by atoms with Crippen LogP contribution in [0, 0.1) is 17.2 Å². The van der Waals surface area contributed by atoms with E-state index in [0.717, 1.165) is 6.42 Å². The monoisotopic (exact) mass is 251 g/mol. The summed E-state index contributed by atoms with van der Waals surface area (Å²) in [6.45, 7) is 3.05. The van der Waals surface area contributed by atoms with Crippen molar-refractivity contribution < 1.29 is 8.42 Å². The van der Waals surface area contributed by atoms with Crippen molar-refractivity contribution in [3.63, 3.8) is 0 Å². The molecule has 6 heteroatoms. The summed E-state index contributed by atoms with van der Waals surface area (Å²) in [5.41, 5.74) is -0.0351. The molecule has 90 valence electrons. The molecule has 0 bridgehead atoms. The Labute approximate surface area is 101 Å². The SMILES string of the molecule is CC1CCN(S(=O)(=O)c2cccnc2C#N)C1. The quantitative estimate of drug-likeness (QED) is 0.785. The maximum atomic E-state index is 12.3. The Morgan fingerprint density at radius 2 is 2.35 bits per heavy atom. The van der Waals surface area contributed by atoms with E-state index < -0.39 is 10.0 Å². The summed E-state index contributed by atoms with van der Waals surface area (Å²) in [5, 5.41) is 8.88. The van der Waals surface area contributed by atoms with Crippen LogP contribution in [0.2, 0.25) is 0 Å². The zero-order chi connectivity index (χ0) is 12.5. The summed E-state index contributed by atoms with van der Waals surface area (Å²) in [7, 11) is -3.57. The van der Waals surface area contributed by atoms with Crippen molar-refractivity contribution in [3.8, 4) is 6.07 Å². The predicted octanol–water partition coefficient (Wildman–Crippen LogP) is 0.984. The van der Waals surface area contributed by atoms with Gasteiger partial charge in [-0.2, -0.15) is 9.57 Å². The van der Waals surface area contributed by atoms with E-state index in [1.165, 1.54) is 22.6 Å². The van der Waals surface area contributed by atoms with Gasteiger partial charge in [-0.15, -0.1) is 0 Å². The Balaban J connectivity index is 2.42. The van der Waals surface area contributed by atoms with Crippen LogP contribution in [0.15, 0.2) is 23.2 Å². The van der Waals surface area contributed by atoms with Gasteiger partial charge in [0.2, 0.25) is 10.0 Å². The molecule has 1 atom stereocenters. The van der Waals surface area contributed by atoms with Gasteiger partial charge in [0.15, 0.2) is 5.69 Å². The minimum Gasteiger partial charge on any atom is -0.244 e. The van der Waals surface area contributed by atoms with Gasteiger partial charge in [0.05, 0.1) is 0 Å². The number of rotatable bonds is 2. The molecule has 1 aliphatic rings. The molecular formula is C11H13N3O2S. The van der Waals surface area contributed by atoms with E-state index in [1.54, 1.807) is 0 Å². The highest BCUT2D eigenvalue weighted by Gasteiger charge is 2.32. The van der Waals surface area contributed by atoms with Gasteiger partial charge in [-0.05, 0) is 24.5 Å². The van der Waals surface area contributed by atoms with E-state index in [9.17, 15) is 8.42 Å². The molecule has 2 rings (SSSR count). The molecule has 0 spiro atoms. The first-order valence-electron chi connectivity index (χ1n) is 5.41. The predicted molar refractivity (Wildman–Crippen MR) is 61.5 cm³/mol. The number of aromatic nitrogens is 1. The van der Waals surface area contributed by atoms with Gasteiger partial charge in [-0.1, -0.05) is 6.92 Å². The van der Waals surface area contributed by atoms with Crippen LogP contribution < -0.4 is 0 Å². The van der Waals surface area contributed by atoms with Gasteiger partial charge in [0, 0.05) is 19.3 Å². The van der Waals surface area contributed by atoms with E-state index in [2.05, 4.69) is 4.98 Å². The zero-order valence-corrected chi connectivity index (χ0v) is 10.3. The molecule has 1 fully saturated rings. The molecule has 0 amide bonds. The van der Waals surface area contributed by atoms with Crippen molar-refractivity contribution in [1.29, 1.82) is 5.26 Å². The number of nitrogens with zero attached hydrogens (tertiary/aromatic N) is 3. The first-order valence-corrected chi connectivity index (χ1v) is 6.85. The number of nitriles is 1. The Hall–Kier alpha value is -1.45. The van der Waals surface area contributed by atoms with E-state index in [4.69, 9.17) is 5.26 Å². The van der Waals surface area contributed by atoms with Crippen LogP contribution in [-0.2, 0) is 10.0 Å². The smallest absolute Gasteiger partial charge is 0.244 e. The van der Waals surface area contributed by atoms with Crippen LogP contribution in [0.4, 0.5) is 0 Å². The van der Waals surface area contributed by atoms with Crippen LogP contribution in [0.5, 0.6) is 0 Å². The molecule has 0 aliphatic carbocycles. The molecule has 5 nitrogen and oxygen atoms in total. The summed E-state index contributed by atoms with van der Waals surface area (Å²) >= 11 is 0. The molecule has 0 N–H and O–H groups in total. The van der Waals surface area contributed by atoms with E-state index in [-0.39, 0.29) is 10.6 Å². The molecule has 2 heterocycles. The second kappa shape index (κ2) is 4.43. The first kappa shape index (κ1) is 12.0. The van der Waals surface area contributed by atoms with Crippen molar-refractivity contribution in [2.45, 2.75) is 18.2 Å². The lowest BCUT2D eigenvalue weighted by atomic mass is 10.2. The number of pyridine rings is 1. The second-order valence-electron chi connectivity index (χ2n) is 4.22. The maximum absolute atomic E-state index is 12.3. The Bertz CT molecular complexity index is 562. The van der Waals surface area contributed by atoms with Crippen molar-refractivity contribution >= 4 is 10.0 Å². The lowest BCUT2D eigenvalue weighted by Crippen LogP contribution is -2.29. The summed E-state index contributed by atoms with van der Waals surface area (Å²) in [5.74, 6) is 0.368. The zero-order valence-electron chi connectivity index (χ0n) is 9.50. The van der Waals surface area contributed by atoms with Crippen LogP contribution in [0.1, 0.15) is 19.0 Å². The number of hydrogen-bond acceptors (Lipinski definition) is 4. The van der Waals surface area contributed by atoms with Crippen molar-refractivity contribution in [3.05, 3.63) is 24.0 Å². The first-order chi connectivity index (χ1) is 8.05. The summed E-state index contributed by atoms with van der Waals surface area (Å²) in [6, 6.07) is 4.79. The standard InChI is InChI=1S/C11H13N3O2S/c1-9-4-6-14(8-9)17(15,16)11-3-2-5-13-10(11)7-12/h2-3,5,9H,4,6,8H2,1H3. The minimum atomic E-state index is -3.57. The van der Waals surface area contributed by atoms with Gasteiger partial charge in [0.25, 0.3) is 0 Å². The molecule has 0 aromatic carbocycles. The third-order valence-electron chi connectivity index (χ3n) is 2.88. The molecule has 1 aromatic rings. The Kier molecular flexibility index (Phi) is 3.13. The summed E-state index contributed by atoms with van der Waals surface area (Å²) in [6.07, 6.45) is 2.28. The fourth-order valence-electron chi connectivity index (χ4n) is 1.93. The molecule has 1 aliphatic heterocycles. The summed E-state index contributed by atoms with van der Waals surface area (Å²) in [4.78, 5) is 3.80. The number of sulfonamides is 1. The normalized spacial score (nSPS) is 21.3. The fourth-order valence-corrected chi connectivity index (χ4v) is 3.60. The average molecular weight is 251 g/mol. The van der Waals surface area contributed by atoms with Crippen LogP contribution in [-0.4, -0.2) is 30.8 Å². The fraction of sp³-hybridized carbons (Fsp3) is 0.455. The molecular weight excluding hydrogens is 238 g/mol. The molecule has 1 saturated heterocycles. The Morgan fingerprint density at radius 3 is 2.94 bits per heavy atom. The van der Waals surface area contributed by atoms with Gasteiger partial charge in [-0.25, -0.2) is 13.4 Å². The highest BCUT2D eigenvalue weighted by atomic mass is 32.2. The van der Waals surface area contributed by atoms with Crippen molar-refractivity contribution in [2.75, 3.05) is 13.1 Å². The summed E-state index contributed by atoms with van der Waals surface area (Å²) < 4.78 is 26.0. The molecule has 17 heavy (non-hydrogen) atoms. The maximum Gasteiger partial charge on any atom is 0.245 e. The average Bonchev–Trinajstić information content (AvgIpc) is 2.76. The third-order valence-corrected chi connectivity index (χ3v) is 4.78. The van der Waals surface area contributed by atoms with Gasteiger partial charge < -0.3 is 0 Å². The van der Waals surface area contributed by atoms with Gasteiger partial charge >= 0.3 is 0 Å². The second-order valence-corrected chi connectivity index (χ2v) is 6.13. The van der Waals surface area contributed by atoms with E-state index in [1.807, 2.05) is 13.0 Å². The molecule has 0 saturated carbocycles. The van der Waals surface area contributed by atoms with Crippen molar-refractivity contribution in [2.24, 2.45) is 5.92 Å². The molecule has 1 aromatic heterocycles. The lowest BCUT2D eigenvalue weighted by molar-refractivity contribution is 0.464. The highest BCUT2D eigenvalue weighted by molar-refractivity contribution is 7.89. The third kappa shape index (κ3) is 2.16. The number of hydrogen-bond donors (Lipinski definition) is 0. The van der Waals surface area contributed by atoms with E-state index in [0.29, 0.717) is 19.0 Å². The minimum absolute atomic E-state index is 0.0107. The van der Waals surface area contributed by atoms with Crippen LogP contribution >= 0.6 is 0 Å². The van der Waals surface area contributed by atoms with E-state index >= 15 is 0 Å². The molecule has 0 radical (unpaired) electrons. The van der Waals surface area contributed by atoms with Crippen LogP contribution in [0.3, 0.4) is 0 Å². The van der Waals surface area contributed by atoms with Crippen LogP contribution in [0.25, 0.3) is 0 Å². The molecule has 1 unspecified atom stereocenters. The van der Waals surface area contributed by atoms with Gasteiger partial charge in [0.1, 0.15) is 11.0 Å².